The van der Waals surface area contributed by atoms with E-state index in [-0.39, 0.29) is 0 Å². The second kappa shape index (κ2) is 7.37. The van der Waals surface area contributed by atoms with Gasteiger partial charge in [-0.3, -0.25) is 4.68 Å². The van der Waals surface area contributed by atoms with Crippen molar-refractivity contribution in [3.05, 3.63) is 53.9 Å². The van der Waals surface area contributed by atoms with E-state index in [9.17, 15) is 0 Å². The van der Waals surface area contributed by atoms with Gasteiger partial charge in [0.05, 0.1) is 6.20 Å². The molecule has 0 bridgehead atoms. The fourth-order valence-electron chi connectivity index (χ4n) is 2.02. The van der Waals surface area contributed by atoms with Crippen LogP contribution in [-0.2, 0) is 19.4 Å². The van der Waals surface area contributed by atoms with Crippen molar-refractivity contribution in [2.24, 2.45) is 0 Å². The zero-order chi connectivity index (χ0) is 12.6. The Balaban J connectivity index is 1.75. The fraction of sp³-hybridized carbons (Fsp3) is 0.400. The largest absolute Gasteiger partial charge is 0.272 e. The number of hydrogen-bond donors (Lipinski definition) is 0. The molecule has 0 saturated heterocycles. The third-order valence-electron chi connectivity index (χ3n) is 2.98. The van der Waals surface area contributed by atoms with Crippen molar-refractivity contribution in [1.29, 1.82) is 0 Å². The van der Waals surface area contributed by atoms with Crippen LogP contribution in [0.5, 0.6) is 0 Å². The molecule has 0 N–H and O–H groups in total. The van der Waals surface area contributed by atoms with Crippen LogP contribution in [0.2, 0.25) is 0 Å². The van der Waals surface area contributed by atoms with Crippen molar-refractivity contribution in [3.8, 4) is 0 Å². The molecule has 1 aromatic heterocycles. The zero-order valence-electron chi connectivity index (χ0n) is 10.6. The van der Waals surface area contributed by atoms with Gasteiger partial charge in [-0.2, -0.15) is 5.10 Å². The van der Waals surface area contributed by atoms with Gasteiger partial charge in [0.25, 0.3) is 0 Å². The molecule has 0 radical (unpaired) electrons. The number of aryl methyl sites for hydroxylation is 3. The Bertz CT molecular complexity index is 451. The van der Waals surface area contributed by atoms with Crippen LogP contribution < -0.4 is 0 Å². The molecule has 2 nitrogen and oxygen atoms in total. The van der Waals surface area contributed by atoms with E-state index in [1.165, 1.54) is 17.5 Å². The summed E-state index contributed by atoms with van der Waals surface area (Å²) in [5.74, 6) is 0. The smallest absolute Gasteiger partial charge is 0.0521 e. The standard InChI is InChI=1S/C15H19BrN2/c16-10-4-8-15-12-17-18(13-15)11-5-9-14-6-2-1-3-7-14/h1-3,6-7,12-13H,4-5,8-11H2. The maximum absolute atomic E-state index is 4.40. The number of benzene rings is 1. The summed E-state index contributed by atoms with van der Waals surface area (Å²) < 4.78 is 2.06. The lowest BCUT2D eigenvalue weighted by Crippen LogP contribution is -1.99. The first kappa shape index (κ1) is 13.3. The molecule has 0 unspecified atom stereocenters. The van der Waals surface area contributed by atoms with Crippen LogP contribution in [0.4, 0.5) is 0 Å². The van der Waals surface area contributed by atoms with Crippen LogP contribution in [-0.4, -0.2) is 15.1 Å². The second-order valence-corrected chi connectivity index (χ2v) is 5.29. The molecule has 1 aromatic carbocycles. The van der Waals surface area contributed by atoms with Crippen LogP contribution in [0.25, 0.3) is 0 Å². The molecule has 1 heterocycles. The van der Waals surface area contributed by atoms with Crippen molar-refractivity contribution in [1.82, 2.24) is 9.78 Å². The molecular formula is C15H19BrN2. The monoisotopic (exact) mass is 306 g/mol. The fourth-order valence-corrected chi connectivity index (χ4v) is 2.30. The highest BCUT2D eigenvalue weighted by Crippen LogP contribution is 2.06. The molecule has 0 saturated carbocycles. The average Bonchev–Trinajstić information content (AvgIpc) is 2.85. The first-order valence-electron chi connectivity index (χ1n) is 6.50. The van der Waals surface area contributed by atoms with Gasteiger partial charge in [0.15, 0.2) is 0 Å². The molecule has 0 aliphatic carbocycles. The molecule has 0 amide bonds. The van der Waals surface area contributed by atoms with Crippen molar-refractivity contribution in [2.45, 2.75) is 32.2 Å². The third-order valence-corrected chi connectivity index (χ3v) is 3.54. The predicted octanol–water partition coefficient (Wildman–Crippen LogP) is 3.84. The maximum atomic E-state index is 4.40. The van der Waals surface area contributed by atoms with Gasteiger partial charge in [0.1, 0.15) is 0 Å². The zero-order valence-corrected chi connectivity index (χ0v) is 12.1. The molecule has 0 atom stereocenters. The summed E-state index contributed by atoms with van der Waals surface area (Å²) in [6.07, 6.45) is 8.72. The van der Waals surface area contributed by atoms with Crippen molar-refractivity contribution < 1.29 is 0 Å². The van der Waals surface area contributed by atoms with E-state index in [1.54, 1.807) is 0 Å². The Kier molecular flexibility index (Phi) is 5.46. The second-order valence-electron chi connectivity index (χ2n) is 4.49. The SMILES string of the molecule is BrCCCc1cnn(CCCc2ccccc2)c1. The predicted molar refractivity (Wildman–Crippen MR) is 79.1 cm³/mol. The van der Waals surface area contributed by atoms with Gasteiger partial charge in [-0.25, -0.2) is 0 Å². The molecule has 0 aliphatic rings. The molecule has 96 valence electrons. The molecule has 2 rings (SSSR count). The van der Waals surface area contributed by atoms with Gasteiger partial charge in [-0.15, -0.1) is 0 Å². The van der Waals surface area contributed by atoms with Crippen molar-refractivity contribution in [2.75, 3.05) is 5.33 Å². The summed E-state index contributed by atoms with van der Waals surface area (Å²) in [6, 6.07) is 10.6. The van der Waals surface area contributed by atoms with Gasteiger partial charge in [-0.05, 0) is 36.8 Å². The van der Waals surface area contributed by atoms with Crippen LogP contribution in [0.1, 0.15) is 24.0 Å². The number of nitrogens with zero attached hydrogens (tertiary/aromatic N) is 2. The first-order valence-corrected chi connectivity index (χ1v) is 7.62. The minimum atomic E-state index is 1.00. The van der Waals surface area contributed by atoms with Gasteiger partial charge < -0.3 is 0 Å². The number of hydrogen-bond acceptors (Lipinski definition) is 1. The Hall–Kier alpha value is -1.09. The summed E-state index contributed by atoms with van der Waals surface area (Å²) in [6.45, 7) is 1.00. The molecule has 2 aromatic rings. The highest BCUT2D eigenvalue weighted by molar-refractivity contribution is 9.09. The van der Waals surface area contributed by atoms with E-state index in [1.807, 2.05) is 6.20 Å². The summed E-state index contributed by atoms with van der Waals surface area (Å²) >= 11 is 3.45. The lowest BCUT2D eigenvalue weighted by atomic mass is 10.1. The Morgan fingerprint density at radius 3 is 2.56 bits per heavy atom. The minimum Gasteiger partial charge on any atom is -0.272 e. The van der Waals surface area contributed by atoms with E-state index in [0.29, 0.717) is 0 Å². The quantitative estimate of drug-likeness (QED) is 0.711. The van der Waals surface area contributed by atoms with E-state index in [2.05, 4.69) is 62.2 Å². The molecule has 0 aliphatic heterocycles. The molecular weight excluding hydrogens is 288 g/mol. The summed E-state index contributed by atoms with van der Waals surface area (Å²) in [4.78, 5) is 0. The van der Waals surface area contributed by atoms with Gasteiger partial charge in [0.2, 0.25) is 0 Å². The molecule has 18 heavy (non-hydrogen) atoms. The van der Waals surface area contributed by atoms with Crippen molar-refractivity contribution >= 4 is 15.9 Å². The number of halogens is 1. The Morgan fingerprint density at radius 2 is 1.78 bits per heavy atom. The van der Waals surface area contributed by atoms with E-state index < -0.39 is 0 Å². The lowest BCUT2D eigenvalue weighted by Gasteiger charge is -2.02. The van der Waals surface area contributed by atoms with Crippen molar-refractivity contribution in [3.63, 3.8) is 0 Å². The van der Waals surface area contributed by atoms with E-state index in [4.69, 9.17) is 0 Å². The van der Waals surface area contributed by atoms with Crippen LogP contribution >= 0.6 is 15.9 Å². The van der Waals surface area contributed by atoms with Gasteiger partial charge >= 0.3 is 0 Å². The highest BCUT2D eigenvalue weighted by Gasteiger charge is 1.99. The van der Waals surface area contributed by atoms with Crippen LogP contribution in [0, 0.1) is 0 Å². The molecule has 3 heteroatoms. The normalized spacial score (nSPS) is 10.7. The molecule has 0 spiro atoms. The Morgan fingerprint density at radius 1 is 1.00 bits per heavy atom. The summed E-state index contributed by atoms with van der Waals surface area (Å²) in [7, 11) is 0. The Labute approximate surface area is 117 Å². The van der Waals surface area contributed by atoms with Gasteiger partial charge in [-0.1, -0.05) is 46.3 Å². The summed E-state index contributed by atoms with van der Waals surface area (Å²) in [5.41, 5.74) is 2.75. The van der Waals surface area contributed by atoms with Crippen LogP contribution in [0.15, 0.2) is 42.7 Å². The third kappa shape index (κ3) is 4.30. The molecule has 0 fully saturated rings. The lowest BCUT2D eigenvalue weighted by molar-refractivity contribution is 0.578. The maximum Gasteiger partial charge on any atom is 0.0521 e. The number of aromatic nitrogens is 2. The van der Waals surface area contributed by atoms with E-state index in [0.717, 1.165) is 31.1 Å². The number of rotatable bonds is 7. The average molecular weight is 307 g/mol. The van der Waals surface area contributed by atoms with Gasteiger partial charge in [0, 0.05) is 18.1 Å². The van der Waals surface area contributed by atoms with E-state index >= 15 is 0 Å². The first-order chi connectivity index (χ1) is 8.88. The topological polar surface area (TPSA) is 17.8 Å². The minimum absolute atomic E-state index is 1.00. The summed E-state index contributed by atoms with van der Waals surface area (Å²) in [5, 5.41) is 5.46. The number of alkyl halides is 1. The highest BCUT2D eigenvalue weighted by atomic mass is 79.9. The van der Waals surface area contributed by atoms with Crippen LogP contribution in [0.3, 0.4) is 0 Å².